The minimum Gasteiger partial charge on any atom is -0.473 e. The van der Waals surface area contributed by atoms with Crippen molar-refractivity contribution >= 4 is 0 Å². The molecule has 21 heavy (non-hydrogen) atoms. The van der Waals surface area contributed by atoms with Crippen molar-refractivity contribution in [2.24, 2.45) is 5.73 Å². The maximum absolute atomic E-state index is 13.2. The minimum absolute atomic E-state index is 0.272. The number of nitrogens with zero attached hydrogens (tertiary/aromatic N) is 2. The minimum atomic E-state index is -0.272. The zero-order valence-corrected chi connectivity index (χ0v) is 12.4. The molecule has 0 aliphatic rings. The molecule has 0 bridgehead atoms. The van der Waals surface area contributed by atoms with Crippen LogP contribution in [0.2, 0.25) is 0 Å². The second-order valence-corrected chi connectivity index (χ2v) is 4.81. The smallest absolute Gasteiger partial charge is 0.220 e. The molecule has 0 fully saturated rings. The van der Waals surface area contributed by atoms with E-state index < -0.39 is 0 Å². The molecular weight excluding hydrogens is 269 g/mol. The van der Waals surface area contributed by atoms with Gasteiger partial charge >= 0.3 is 0 Å². The van der Waals surface area contributed by atoms with E-state index >= 15 is 0 Å². The van der Waals surface area contributed by atoms with Crippen LogP contribution in [0.25, 0.3) is 0 Å². The van der Waals surface area contributed by atoms with E-state index in [4.69, 9.17) is 10.5 Å². The lowest BCUT2D eigenvalue weighted by molar-refractivity contribution is 0.287. The molecule has 2 aromatic rings. The Bertz CT molecular complexity index is 616. The first-order valence-corrected chi connectivity index (χ1v) is 7.07. The summed E-state index contributed by atoms with van der Waals surface area (Å²) in [7, 11) is 0. The van der Waals surface area contributed by atoms with Gasteiger partial charge < -0.3 is 10.5 Å². The lowest BCUT2D eigenvalue weighted by Crippen LogP contribution is -2.12. The average Bonchev–Trinajstić information content (AvgIpc) is 2.47. The lowest BCUT2D eigenvalue weighted by atomic mass is 10.1. The van der Waals surface area contributed by atoms with Crippen molar-refractivity contribution in [1.82, 2.24) is 9.97 Å². The predicted molar refractivity (Wildman–Crippen MR) is 79.6 cm³/mol. The van der Waals surface area contributed by atoms with Crippen LogP contribution in [0.1, 0.15) is 29.6 Å². The molecule has 0 aliphatic carbocycles. The Labute approximate surface area is 124 Å². The normalized spacial score (nSPS) is 10.7. The van der Waals surface area contributed by atoms with Gasteiger partial charge in [0, 0.05) is 5.56 Å². The highest BCUT2D eigenvalue weighted by Gasteiger charge is 2.13. The molecule has 0 aliphatic heterocycles. The van der Waals surface area contributed by atoms with Crippen LogP contribution in [0.5, 0.6) is 5.88 Å². The van der Waals surface area contributed by atoms with Crippen LogP contribution in [0.4, 0.5) is 4.39 Å². The summed E-state index contributed by atoms with van der Waals surface area (Å²) in [5.74, 6) is 0.947. The van der Waals surface area contributed by atoms with E-state index in [2.05, 4.69) is 9.97 Å². The summed E-state index contributed by atoms with van der Waals surface area (Å²) in [6.07, 6.45) is 1.47. The molecule has 0 radical (unpaired) electrons. The standard InChI is InChI=1S/C16H20FN3O/c1-3-15-14(7-8-18)16(20-11(2)19-15)21-10-12-5-4-6-13(17)9-12/h4-6,9H,3,7-8,10,18H2,1-2H3. The Morgan fingerprint density at radius 1 is 1.29 bits per heavy atom. The van der Waals surface area contributed by atoms with Crippen LogP contribution in [-0.4, -0.2) is 16.5 Å². The van der Waals surface area contributed by atoms with Gasteiger partial charge in [0.15, 0.2) is 0 Å². The molecule has 112 valence electrons. The molecule has 0 spiro atoms. The summed E-state index contributed by atoms with van der Waals surface area (Å²) in [4.78, 5) is 8.79. The molecule has 1 heterocycles. The summed E-state index contributed by atoms with van der Waals surface area (Å²) < 4.78 is 19.0. The van der Waals surface area contributed by atoms with Gasteiger partial charge in [-0.3, -0.25) is 0 Å². The zero-order chi connectivity index (χ0) is 15.2. The molecule has 1 aromatic heterocycles. The number of aromatic nitrogens is 2. The highest BCUT2D eigenvalue weighted by atomic mass is 19.1. The molecule has 2 N–H and O–H groups in total. The van der Waals surface area contributed by atoms with Gasteiger partial charge in [-0.25, -0.2) is 9.37 Å². The lowest BCUT2D eigenvalue weighted by Gasteiger charge is -2.14. The van der Waals surface area contributed by atoms with E-state index in [1.807, 2.05) is 19.9 Å². The molecule has 0 saturated heterocycles. The van der Waals surface area contributed by atoms with Crippen LogP contribution >= 0.6 is 0 Å². The molecule has 0 unspecified atom stereocenters. The summed E-state index contributed by atoms with van der Waals surface area (Å²) >= 11 is 0. The maximum atomic E-state index is 13.2. The third-order valence-corrected chi connectivity index (χ3v) is 3.16. The van der Waals surface area contributed by atoms with E-state index in [1.165, 1.54) is 12.1 Å². The van der Waals surface area contributed by atoms with Gasteiger partial charge in [-0.1, -0.05) is 19.1 Å². The number of aryl methyl sites for hydroxylation is 2. The van der Waals surface area contributed by atoms with E-state index in [0.29, 0.717) is 24.7 Å². The zero-order valence-electron chi connectivity index (χ0n) is 12.4. The first-order chi connectivity index (χ1) is 10.1. The highest BCUT2D eigenvalue weighted by molar-refractivity contribution is 5.32. The van der Waals surface area contributed by atoms with Crippen molar-refractivity contribution in [1.29, 1.82) is 0 Å². The van der Waals surface area contributed by atoms with Crippen molar-refractivity contribution in [2.45, 2.75) is 33.3 Å². The quantitative estimate of drug-likeness (QED) is 0.888. The topological polar surface area (TPSA) is 61.0 Å². The van der Waals surface area contributed by atoms with Gasteiger partial charge in [-0.2, -0.15) is 4.98 Å². The number of hydrogen-bond donors (Lipinski definition) is 1. The Hall–Kier alpha value is -2.01. The molecular formula is C16H20FN3O. The number of hydrogen-bond acceptors (Lipinski definition) is 4. The van der Waals surface area contributed by atoms with Crippen molar-refractivity contribution in [3.8, 4) is 5.88 Å². The van der Waals surface area contributed by atoms with E-state index in [-0.39, 0.29) is 12.4 Å². The second-order valence-electron chi connectivity index (χ2n) is 4.81. The Morgan fingerprint density at radius 2 is 2.10 bits per heavy atom. The largest absolute Gasteiger partial charge is 0.473 e. The number of ether oxygens (including phenoxy) is 1. The molecule has 0 saturated carbocycles. The fraction of sp³-hybridized carbons (Fsp3) is 0.375. The van der Waals surface area contributed by atoms with Gasteiger partial charge in [0.25, 0.3) is 0 Å². The van der Waals surface area contributed by atoms with Crippen molar-refractivity contribution in [2.75, 3.05) is 6.54 Å². The monoisotopic (exact) mass is 289 g/mol. The van der Waals surface area contributed by atoms with Crippen LogP contribution in [0.3, 0.4) is 0 Å². The Balaban J connectivity index is 2.23. The van der Waals surface area contributed by atoms with Gasteiger partial charge in [0.05, 0.1) is 5.69 Å². The first-order valence-electron chi connectivity index (χ1n) is 7.07. The molecule has 5 heteroatoms. The van der Waals surface area contributed by atoms with E-state index in [9.17, 15) is 4.39 Å². The van der Waals surface area contributed by atoms with Crippen LogP contribution in [-0.2, 0) is 19.4 Å². The second kappa shape index (κ2) is 7.13. The predicted octanol–water partition coefficient (Wildman–Crippen LogP) is 2.57. The highest BCUT2D eigenvalue weighted by Crippen LogP contribution is 2.21. The Kier molecular flexibility index (Phi) is 5.22. The van der Waals surface area contributed by atoms with Crippen molar-refractivity contribution < 1.29 is 9.13 Å². The fourth-order valence-electron chi connectivity index (χ4n) is 2.21. The molecule has 0 amide bonds. The summed E-state index contributed by atoms with van der Waals surface area (Å²) in [6, 6.07) is 6.35. The van der Waals surface area contributed by atoms with Crippen LogP contribution in [0.15, 0.2) is 24.3 Å². The van der Waals surface area contributed by atoms with Crippen molar-refractivity contribution in [3.05, 3.63) is 52.7 Å². The Morgan fingerprint density at radius 3 is 2.76 bits per heavy atom. The number of halogens is 1. The van der Waals surface area contributed by atoms with Gasteiger partial charge in [-0.15, -0.1) is 0 Å². The summed E-state index contributed by atoms with van der Waals surface area (Å²) in [6.45, 7) is 4.66. The van der Waals surface area contributed by atoms with Crippen molar-refractivity contribution in [3.63, 3.8) is 0 Å². The summed E-state index contributed by atoms with van der Waals surface area (Å²) in [5, 5.41) is 0. The van der Waals surface area contributed by atoms with Gasteiger partial charge in [0.2, 0.25) is 5.88 Å². The number of nitrogens with two attached hydrogens (primary N) is 1. The maximum Gasteiger partial charge on any atom is 0.220 e. The number of rotatable bonds is 6. The van der Waals surface area contributed by atoms with Crippen LogP contribution in [0, 0.1) is 12.7 Å². The third kappa shape index (κ3) is 3.98. The van der Waals surface area contributed by atoms with E-state index in [1.54, 1.807) is 6.07 Å². The molecule has 1 aromatic carbocycles. The van der Waals surface area contributed by atoms with Gasteiger partial charge in [-0.05, 0) is 44.0 Å². The number of benzene rings is 1. The van der Waals surface area contributed by atoms with E-state index in [0.717, 1.165) is 23.2 Å². The first kappa shape index (κ1) is 15.4. The molecule has 0 atom stereocenters. The average molecular weight is 289 g/mol. The summed E-state index contributed by atoms with van der Waals surface area (Å²) in [5.41, 5.74) is 8.33. The van der Waals surface area contributed by atoms with Gasteiger partial charge in [0.1, 0.15) is 18.2 Å². The molecule has 4 nitrogen and oxygen atoms in total. The SMILES string of the molecule is CCc1nc(C)nc(OCc2cccc(F)c2)c1CCN. The molecule has 2 rings (SSSR count). The van der Waals surface area contributed by atoms with Crippen LogP contribution < -0.4 is 10.5 Å². The fourth-order valence-corrected chi connectivity index (χ4v) is 2.21. The third-order valence-electron chi connectivity index (χ3n) is 3.16.